The summed E-state index contributed by atoms with van der Waals surface area (Å²) in [4.78, 5) is 4.76. The molecule has 2 aromatic heterocycles. The van der Waals surface area contributed by atoms with E-state index in [-0.39, 0.29) is 6.04 Å². The maximum Gasteiger partial charge on any atom is 0.0964 e. The summed E-state index contributed by atoms with van der Waals surface area (Å²) in [5.74, 6) is 0. The Labute approximate surface area is 155 Å². The van der Waals surface area contributed by atoms with Crippen LogP contribution < -0.4 is 0 Å². The summed E-state index contributed by atoms with van der Waals surface area (Å²) in [7, 11) is 1.74. The minimum Gasteiger partial charge on any atom is -0.383 e. The molecule has 26 heavy (non-hydrogen) atoms. The number of aromatic nitrogens is 4. The van der Waals surface area contributed by atoms with Gasteiger partial charge in [0.15, 0.2) is 0 Å². The molecule has 5 heteroatoms. The Bertz CT molecular complexity index is 864. The zero-order valence-electron chi connectivity index (χ0n) is 15.7. The highest BCUT2D eigenvalue weighted by Crippen LogP contribution is 2.35. The summed E-state index contributed by atoms with van der Waals surface area (Å²) in [6.07, 6.45) is 6.82. The molecule has 0 amide bonds. The van der Waals surface area contributed by atoms with Gasteiger partial charge in [-0.3, -0.25) is 4.68 Å². The summed E-state index contributed by atoms with van der Waals surface area (Å²) >= 11 is 0. The molecule has 1 unspecified atom stereocenters. The summed E-state index contributed by atoms with van der Waals surface area (Å²) in [5.41, 5.74) is 5.24. The fourth-order valence-electron chi connectivity index (χ4n) is 3.28. The van der Waals surface area contributed by atoms with Crippen LogP contribution in [0.3, 0.4) is 0 Å². The number of hydrogen-bond donors (Lipinski definition) is 0. The third-order valence-corrected chi connectivity index (χ3v) is 4.58. The molecule has 0 saturated carbocycles. The second-order valence-corrected chi connectivity index (χ2v) is 6.37. The molecule has 3 rings (SSSR count). The van der Waals surface area contributed by atoms with Crippen LogP contribution >= 0.6 is 0 Å². The molecule has 1 atom stereocenters. The molecule has 0 aliphatic rings. The molecule has 0 fully saturated rings. The summed E-state index contributed by atoms with van der Waals surface area (Å²) < 4.78 is 9.59. The molecule has 0 bridgehead atoms. The first-order chi connectivity index (χ1) is 12.7. The maximum absolute atomic E-state index is 5.45. The standard InChI is InChI=1S/C21H26N4O/c1-5-12-24-13-19(16(3)23-24)21-20(17-10-8-7-9-11-17)22-15-25(21)18(6-2)14-26-4/h5,7-11,13,15,18H,1,6,12,14H2,2-4H3. The number of nitrogens with zero attached hydrogens (tertiary/aromatic N) is 4. The van der Waals surface area contributed by atoms with E-state index in [1.807, 2.05) is 42.2 Å². The van der Waals surface area contributed by atoms with Crippen LogP contribution in [0.1, 0.15) is 25.1 Å². The van der Waals surface area contributed by atoms with Crippen molar-refractivity contribution in [3.05, 3.63) is 61.2 Å². The Balaban J connectivity index is 2.19. The van der Waals surface area contributed by atoms with Gasteiger partial charge in [-0.05, 0) is 13.3 Å². The van der Waals surface area contributed by atoms with Gasteiger partial charge >= 0.3 is 0 Å². The van der Waals surface area contributed by atoms with Crippen LogP contribution in [0, 0.1) is 6.92 Å². The number of aryl methyl sites for hydroxylation is 1. The summed E-state index contributed by atoms with van der Waals surface area (Å²) in [5, 5.41) is 4.64. The molecule has 3 aromatic rings. The van der Waals surface area contributed by atoms with Gasteiger partial charge in [0.1, 0.15) is 0 Å². The lowest BCUT2D eigenvalue weighted by atomic mass is 10.0. The minimum atomic E-state index is 0.224. The van der Waals surface area contributed by atoms with Crippen molar-refractivity contribution in [1.29, 1.82) is 0 Å². The average molecular weight is 350 g/mol. The fraction of sp³-hybridized carbons (Fsp3) is 0.333. The highest BCUT2D eigenvalue weighted by molar-refractivity contribution is 5.79. The highest BCUT2D eigenvalue weighted by Gasteiger charge is 2.22. The molecule has 0 spiro atoms. The number of hydrogen-bond acceptors (Lipinski definition) is 3. The van der Waals surface area contributed by atoms with Crippen LogP contribution in [-0.4, -0.2) is 33.0 Å². The first kappa shape index (κ1) is 18.1. The Kier molecular flexibility index (Phi) is 5.68. The predicted molar refractivity (Wildman–Crippen MR) is 105 cm³/mol. The van der Waals surface area contributed by atoms with Gasteiger partial charge in [-0.25, -0.2) is 4.98 Å². The second-order valence-electron chi connectivity index (χ2n) is 6.37. The highest BCUT2D eigenvalue weighted by atomic mass is 16.5. The molecule has 5 nitrogen and oxygen atoms in total. The van der Waals surface area contributed by atoms with Crippen LogP contribution in [0.25, 0.3) is 22.5 Å². The molecule has 136 valence electrons. The summed E-state index contributed by atoms with van der Waals surface area (Å²) in [6, 6.07) is 10.5. The van der Waals surface area contributed by atoms with Gasteiger partial charge in [0.25, 0.3) is 0 Å². The monoisotopic (exact) mass is 350 g/mol. The van der Waals surface area contributed by atoms with Crippen molar-refractivity contribution < 1.29 is 4.74 Å². The number of benzene rings is 1. The number of allylic oxidation sites excluding steroid dienone is 1. The molecule has 0 aliphatic heterocycles. The van der Waals surface area contributed by atoms with E-state index >= 15 is 0 Å². The van der Waals surface area contributed by atoms with E-state index in [4.69, 9.17) is 9.72 Å². The molecule has 0 radical (unpaired) electrons. The third kappa shape index (κ3) is 3.48. The number of rotatable bonds is 8. The molecule has 1 aromatic carbocycles. The van der Waals surface area contributed by atoms with Crippen LogP contribution in [0.15, 0.2) is 55.5 Å². The van der Waals surface area contributed by atoms with E-state index in [2.05, 4.69) is 41.5 Å². The van der Waals surface area contributed by atoms with Gasteiger partial charge < -0.3 is 9.30 Å². The summed E-state index contributed by atoms with van der Waals surface area (Å²) in [6.45, 7) is 9.35. The number of imidazole rings is 1. The van der Waals surface area contributed by atoms with Crippen molar-refractivity contribution in [2.75, 3.05) is 13.7 Å². The molecular formula is C21H26N4O. The third-order valence-electron chi connectivity index (χ3n) is 4.58. The van der Waals surface area contributed by atoms with Crippen LogP contribution in [0.4, 0.5) is 0 Å². The van der Waals surface area contributed by atoms with Gasteiger partial charge in [0.2, 0.25) is 0 Å². The minimum absolute atomic E-state index is 0.224. The lowest BCUT2D eigenvalue weighted by molar-refractivity contribution is 0.153. The van der Waals surface area contributed by atoms with E-state index in [1.54, 1.807) is 7.11 Å². The SMILES string of the molecule is C=CCn1cc(-c2c(-c3ccccc3)ncn2C(CC)COC)c(C)n1. The topological polar surface area (TPSA) is 44.9 Å². The van der Waals surface area contributed by atoms with E-state index < -0.39 is 0 Å². The molecule has 2 heterocycles. The lowest BCUT2D eigenvalue weighted by Crippen LogP contribution is -2.14. The molecule has 0 aliphatic carbocycles. The fourth-order valence-corrected chi connectivity index (χ4v) is 3.28. The number of ether oxygens (including phenoxy) is 1. The molecule has 0 saturated heterocycles. The van der Waals surface area contributed by atoms with E-state index in [0.717, 1.165) is 34.6 Å². The van der Waals surface area contributed by atoms with Crippen LogP contribution in [0.2, 0.25) is 0 Å². The quantitative estimate of drug-likeness (QED) is 0.562. The van der Waals surface area contributed by atoms with Crippen LogP contribution in [0.5, 0.6) is 0 Å². The predicted octanol–water partition coefficient (Wildman–Crippen LogP) is 4.51. The molecule has 0 N–H and O–H groups in total. The second kappa shape index (κ2) is 8.15. The van der Waals surface area contributed by atoms with Crippen molar-refractivity contribution in [1.82, 2.24) is 19.3 Å². The van der Waals surface area contributed by atoms with Crippen molar-refractivity contribution in [2.24, 2.45) is 0 Å². The van der Waals surface area contributed by atoms with Gasteiger partial charge in [-0.1, -0.05) is 43.3 Å². The van der Waals surface area contributed by atoms with Crippen molar-refractivity contribution in [3.63, 3.8) is 0 Å². The first-order valence-corrected chi connectivity index (χ1v) is 8.96. The largest absolute Gasteiger partial charge is 0.383 e. The van der Waals surface area contributed by atoms with Gasteiger partial charge in [0, 0.05) is 24.4 Å². The average Bonchev–Trinajstić information content (AvgIpc) is 3.24. The number of methoxy groups -OCH3 is 1. The van der Waals surface area contributed by atoms with Crippen LogP contribution in [-0.2, 0) is 11.3 Å². The Morgan fingerprint density at radius 3 is 2.69 bits per heavy atom. The smallest absolute Gasteiger partial charge is 0.0964 e. The lowest BCUT2D eigenvalue weighted by Gasteiger charge is -2.19. The molecular weight excluding hydrogens is 324 g/mol. The normalized spacial score (nSPS) is 12.3. The van der Waals surface area contributed by atoms with E-state index in [1.165, 1.54) is 0 Å². The zero-order chi connectivity index (χ0) is 18.5. The van der Waals surface area contributed by atoms with Crippen molar-refractivity contribution in [3.8, 4) is 22.5 Å². The maximum atomic E-state index is 5.45. The zero-order valence-corrected chi connectivity index (χ0v) is 15.7. The van der Waals surface area contributed by atoms with E-state index in [0.29, 0.717) is 13.2 Å². The van der Waals surface area contributed by atoms with Gasteiger partial charge in [-0.2, -0.15) is 5.10 Å². The Morgan fingerprint density at radius 1 is 1.27 bits per heavy atom. The Morgan fingerprint density at radius 2 is 2.04 bits per heavy atom. The van der Waals surface area contributed by atoms with E-state index in [9.17, 15) is 0 Å². The first-order valence-electron chi connectivity index (χ1n) is 8.96. The van der Waals surface area contributed by atoms with Gasteiger partial charge in [-0.15, -0.1) is 6.58 Å². The van der Waals surface area contributed by atoms with Gasteiger partial charge in [0.05, 0.1) is 42.6 Å². The van der Waals surface area contributed by atoms with Crippen molar-refractivity contribution >= 4 is 0 Å². The Hall–Kier alpha value is -2.66. The van der Waals surface area contributed by atoms with Crippen molar-refractivity contribution in [2.45, 2.75) is 32.9 Å².